The second-order valence-electron chi connectivity index (χ2n) is 10.4. The summed E-state index contributed by atoms with van der Waals surface area (Å²) >= 11 is 0. The molecule has 0 aliphatic rings. The first-order valence-electron chi connectivity index (χ1n) is 13.5. The number of pyridine rings is 3. The largest absolute Gasteiger partial charge is 0.309 e. The van der Waals surface area contributed by atoms with Gasteiger partial charge in [-0.15, -0.1) is 0 Å². The third-order valence-electron chi connectivity index (χ3n) is 8.20. The van der Waals surface area contributed by atoms with E-state index >= 15 is 0 Å². The topological polar surface area (TPSA) is 35.1 Å². The molecule has 0 aliphatic carbocycles. The van der Waals surface area contributed by atoms with Gasteiger partial charge in [0, 0.05) is 51.1 Å². The van der Waals surface area contributed by atoms with Gasteiger partial charge in [-0.1, -0.05) is 60.7 Å². The van der Waals surface area contributed by atoms with Gasteiger partial charge < -0.3 is 4.40 Å². The summed E-state index contributed by atoms with van der Waals surface area (Å²) in [6, 6.07) is 41.4. The standard InChI is InChI=1S/C36H22N4/c1-4-12-31-24(8-1)18-34-30-21-35-29(20-28(30)26-10-2-5-13-32(26)39(31)34)27-11-3-6-14-33(27)40(35)36-19-23(15-17-38-36)25-9-7-16-37-22-25/h1-22H. The Balaban J connectivity index is 1.46. The van der Waals surface area contributed by atoms with Crippen LogP contribution in [0.15, 0.2) is 134 Å². The Morgan fingerprint density at radius 3 is 2.05 bits per heavy atom. The van der Waals surface area contributed by atoms with E-state index < -0.39 is 0 Å². The first kappa shape index (κ1) is 21.5. The molecule has 0 fully saturated rings. The average molecular weight is 511 g/mol. The smallest absolute Gasteiger partial charge is 0.138 e. The van der Waals surface area contributed by atoms with Gasteiger partial charge in [-0.3, -0.25) is 9.55 Å². The lowest BCUT2D eigenvalue weighted by atomic mass is 10.0. The molecule has 0 saturated carbocycles. The van der Waals surface area contributed by atoms with Crippen molar-refractivity contribution < 1.29 is 0 Å². The number of fused-ring (bicyclic) bond motifs is 11. The Bertz CT molecular complexity index is 2430. The minimum atomic E-state index is 0.893. The van der Waals surface area contributed by atoms with Crippen molar-refractivity contribution in [3.63, 3.8) is 0 Å². The van der Waals surface area contributed by atoms with Crippen LogP contribution >= 0.6 is 0 Å². The molecular formula is C36H22N4. The SMILES string of the molecule is c1cncc(-c2ccnc(-n3c4ccccc4c4cc5c6ccccc6n6c7ccccc7cc6c5cc43)c2)c1. The van der Waals surface area contributed by atoms with Gasteiger partial charge in [0.2, 0.25) is 0 Å². The number of para-hydroxylation sites is 3. The van der Waals surface area contributed by atoms with Crippen molar-refractivity contribution in [2.75, 3.05) is 0 Å². The number of aromatic nitrogens is 4. The van der Waals surface area contributed by atoms with Crippen LogP contribution in [0.3, 0.4) is 0 Å². The molecule has 4 heteroatoms. The summed E-state index contributed by atoms with van der Waals surface area (Å²) < 4.78 is 4.71. The van der Waals surface area contributed by atoms with Gasteiger partial charge in [0.15, 0.2) is 0 Å². The van der Waals surface area contributed by atoms with E-state index in [0.717, 1.165) is 28.0 Å². The zero-order chi connectivity index (χ0) is 26.2. The molecule has 9 aromatic rings. The fraction of sp³-hybridized carbons (Fsp3) is 0. The van der Waals surface area contributed by atoms with Gasteiger partial charge in [-0.2, -0.15) is 0 Å². The summed E-state index contributed by atoms with van der Waals surface area (Å²) in [5.74, 6) is 0.893. The number of benzene rings is 4. The lowest BCUT2D eigenvalue weighted by molar-refractivity contribution is 1.08. The lowest BCUT2D eigenvalue weighted by Gasteiger charge is -2.12. The molecule has 5 aromatic heterocycles. The number of nitrogens with zero attached hydrogens (tertiary/aromatic N) is 4. The van der Waals surface area contributed by atoms with Crippen molar-refractivity contribution >= 4 is 59.9 Å². The van der Waals surface area contributed by atoms with Crippen LogP contribution in [-0.4, -0.2) is 18.9 Å². The van der Waals surface area contributed by atoms with E-state index in [1.165, 1.54) is 48.9 Å². The zero-order valence-electron chi connectivity index (χ0n) is 21.5. The van der Waals surface area contributed by atoms with Crippen molar-refractivity contribution in [1.82, 2.24) is 18.9 Å². The van der Waals surface area contributed by atoms with Gasteiger partial charge >= 0.3 is 0 Å². The highest BCUT2D eigenvalue weighted by Crippen LogP contribution is 2.40. The molecular weight excluding hydrogens is 488 g/mol. The third kappa shape index (κ3) is 2.90. The number of hydrogen-bond donors (Lipinski definition) is 0. The van der Waals surface area contributed by atoms with Gasteiger partial charge in [0.25, 0.3) is 0 Å². The minimum absolute atomic E-state index is 0.893. The summed E-state index contributed by atoms with van der Waals surface area (Å²) in [5.41, 5.74) is 8.12. The van der Waals surface area contributed by atoms with Gasteiger partial charge in [-0.05, 0) is 65.5 Å². The van der Waals surface area contributed by atoms with Crippen molar-refractivity contribution in [1.29, 1.82) is 0 Å². The van der Waals surface area contributed by atoms with Crippen molar-refractivity contribution in [3.8, 4) is 16.9 Å². The molecule has 0 N–H and O–H groups in total. The van der Waals surface area contributed by atoms with Crippen LogP contribution in [0.25, 0.3) is 76.8 Å². The molecule has 4 nitrogen and oxygen atoms in total. The molecule has 0 unspecified atom stereocenters. The quantitative estimate of drug-likeness (QED) is 0.218. The normalized spacial score (nSPS) is 12.0. The molecule has 40 heavy (non-hydrogen) atoms. The Hall–Kier alpha value is -5.48. The van der Waals surface area contributed by atoms with Gasteiger partial charge in [-0.25, -0.2) is 4.98 Å². The molecule has 0 amide bonds. The first-order valence-corrected chi connectivity index (χ1v) is 13.5. The summed E-state index contributed by atoms with van der Waals surface area (Å²) in [6.45, 7) is 0. The predicted octanol–water partition coefficient (Wildman–Crippen LogP) is 8.95. The van der Waals surface area contributed by atoms with Crippen LogP contribution in [-0.2, 0) is 0 Å². The van der Waals surface area contributed by atoms with Gasteiger partial charge in [0.1, 0.15) is 5.82 Å². The highest BCUT2D eigenvalue weighted by molar-refractivity contribution is 6.22. The summed E-state index contributed by atoms with van der Waals surface area (Å²) in [7, 11) is 0. The fourth-order valence-electron chi connectivity index (χ4n) is 6.46. The summed E-state index contributed by atoms with van der Waals surface area (Å²) in [4.78, 5) is 9.20. The van der Waals surface area contributed by atoms with Crippen LogP contribution in [0.4, 0.5) is 0 Å². The molecule has 0 bridgehead atoms. The van der Waals surface area contributed by atoms with Crippen LogP contribution in [0.2, 0.25) is 0 Å². The van der Waals surface area contributed by atoms with Crippen molar-refractivity contribution in [2.45, 2.75) is 0 Å². The van der Waals surface area contributed by atoms with Crippen LogP contribution in [0.1, 0.15) is 0 Å². The summed E-state index contributed by atoms with van der Waals surface area (Å²) in [6.07, 6.45) is 5.60. The lowest BCUT2D eigenvalue weighted by Crippen LogP contribution is -1.98. The second kappa shape index (κ2) is 8.01. The first-order chi connectivity index (χ1) is 19.8. The molecule has 9 rings (SSSR count). The Morgan fingerprint density at radius 2 is 1.20 bits per heavy atom. The summed E-state index contributed by atoms with van der Waals surface area (Å²) in [5, 5.41) is 7.43. The molecule has 0 spiro atoms. The predicted molar refractivity (Wildman–Crippen MR) is 165 cm³/mol. The van der Waals surface area contributed by atoms with Crippen LogP contribution in [0.5, 0.6) is 0 Å². The molecule has 5 heterocycles. The third-order valence-corrected chi connectivity index (χ3v) is 8.20. The highest BCUT2D eigenvalue weighted by atomic mass is 15.1. The maximum atomic E-state index is 4.87. The van der Waals surface area contributed by atoms with E-state index in [0.29, 0.717) is 0 Å². The Kier molecular flexibility index (Phi) is 4.30. The van der Waals surface area contributed by atoms with E-state index in [1.54, 1.807) is 6.20 Å². The Morgan fingerprint density at radius 1 is 0.450 bits per heavy atom. The maximum absolute atomic E-state index is 4.87. The molecule has 0 radical (unpaired) electrons. The van der Waals surface area contributed by atoms with Crippen LogP contribution < -0.4 is 0 Å². The second-order valence-corrected chi connectivity index (χ2v) is 10.4. The van der Waals surface area contributed by atoms with Gasteiger partial charge in [0.05, 0.1) is 27.6 Å². The zero-order valence-corrected chi connectivity index (χ0v) is 21.5. The molecule has 0 atom stereocenters. The molecule has 0 aliphatic heterocycles. The van der Waals surface area contributed by atoms with E-state index in [2.05, 4.69) is 117 Å². The number of hydrogen-bond acceptors (Lipinski definition) is 2. The van der Waals surface area contributed by atoms with E-state index in [9.17, 15) is 0 Å². The number of rotatable bonds is 2. The van der Waals surface area contributed by atoms with Crippen molar-refractivity contribution in [2.24, 2.45) is 0 Å². The van der Waals surface area contributed by atoms with E-state index in [1.807, 2.05) is 24.5 Å². The van der Waals surface area contributed by atoms with Crippen molar-refractivity contribution in [3.05, 3.63) is 134 Å². The average Bonchev–Trinajstić information content (AvgIpc) is 3.57. The molecule has 4 aromatic carbocycles. The van der Waals surface area contributed by atoms with E-state index in [4.69, 9.17) is 4.98 Å². The highest BCUT2D eigenvalue weighted by Gasteiger charge is 2.18. The fourth-order valence-corrected chi connectivity index (χ4v) is 6.46. The maximum Gasteiger partial charge on any atom is 0.138 e. The molecule has 186 valence electrons. The van der Waals surface area contributed by atoms with E-state index in [-0.39, 0.29) is 0 Å². The minimum Gasteiger partial charge on any atom is -0.309 e. The Labute approximate surface area is 229 Å². The molecule has 0 saturated heterocycles. The monoisotopic (exact) mass is 510 g/mol. The van der Waals surface area contributed by atoms with Crippen LogP contribution in [0, 0.1) is 0 Å².